The molecule has 0 unspecified atom stereocenters. The zero-order valence-electron chi connectivity index (χ0n) is 13.6. The molecule has 2 aromatic heterocycles. The van der Waals surface area contributed by atoms with Crippen molar-refractivity contribution in [3.8, 4) is 11.6 Å². The summed E-state index contributed by atoms with van der Waals surface area (Å²) in [7, 11) is 0. The third-order valence-corrected chi connectivity index (χ3v) is 3.97. The number of fused-ring (bicyclic) bond motifs is 1. The molecule has 1 N–H and O–H groups in total. The summed E-state index contributed by atoms with van der Waals surface area (Å²) in [4.78, 5) is 16.2. The second-order valence-electron chi connectivity index (χ2n) is 5.71. The van der Waals surface area contributed by atoms with Gasteiger partial charge >= 0.3 is 11.8 Å². The number of furan rings is 1. The Kier molecular flexibility index (Phi) is 3.90. The van der Waals surface area contributed by atoms with Crippen LogP contribution in [0, 0.1) is 13.8 Å². The number of carbonyl (C=O) groups excluding carboxylic acids is 1. The van der Waals surface area contributed by atoms with Gasteiger partial charge in [-0.15, -0.1) is 0 Å². The maximum Gasteiger partial charge on any atom is 0.316 e. The van der Waals surface area contributed by atoms with E-state index in [1.807, 2.05) is 45.9 Å². The Balaban J connectivity index is 1.96. The molecule has 0 saturated carbocycles. The van der Waals surface area contributed by atoms with Gasteiger partial charge in [0.2, 0.25) is 5.82 Å². The van der Waals surface area contributed by atoms with E-state index in [0.29, 0.717) is 5.76 Å². The lowest BCUT2D eigenvalue weighted by atomic mass is 10.1. The van der Waals surface area contributed by atoms with Crippen LogP contribution in [0.25, 0.3) is 22.6 Å². The van der Waals surface area contributed by atoms with E-state index in [9.17, 15) is 4.79 Å². The molecule has 0 spiro atoms. The van der Waals surface area contributed by atoms with Crippen molar-refractivity contribution in [2.75, 3.05) is 0 Å². The minimum absolute atomic E-state index is 0.0495. The number of rotatable bonds is 4. The van der Waals surface area contributed by atoms with Gasteiger partial charge in [0.25, 0.3) is 0 Å². The zero-order chi connectivity index (χ0) is 16.6. The van der Waals surface area contributed by atoms with Crippen molar-refractivity contribution < 1.29 is 13.7 Å². The molecule has 0 radical (unpaired) electrons. The molecule has 3 rings (SSSR count). The first kappa shape index (κ1) is 15.3. The average molecular weight is 313 g/mol. The topological polar surface area (TPSA) is 81.2 Å². The molecule has 0 bridgehead atoms. The SMILES string of the molecule is CC[C@H](C)NC(=O)c1nc(-c2oc3c(C)cccc3c2C)no1. The molecule has 0 aliphatic heterocycles. The van der Waals surface area contributed by atoms with E-state index in [-0.39, 0.29) is 23.7 Å². The standard InChI is InChI=1S/C17H19N3O3/c1-5-10(3)18-16(21)17-19-15(20-23-17)14-11(4)12-8-6-7-9(2)13(12)22-14/h6-8,10H,5H2,1-4H3,(H,18,21)/t10-/m0/s1. The van der Waals surface area contributed by atoms with Crippen LogP contribution in [-0.4, -0.2) is 22.1 Å². The molecule has 1 aromatic carbocycles. The molecule has 3 aromatic rings. The summed E-state index contributed by atoms with van der Waals surface area (Å²) in [5.41, 5.74) is 2.77. The van der Waals surface area contributed by atoms with E-state index in [1.165, 1.54) is 0 Å². The van der Waals surface area contributed by atoms with Gasteiger partial charge in [0.1, 0.15) is 5.58 Å². The van der Waals surface area contributed by atoms with E-state index < -0.39 is 0 Å². The first-order valence-corrected chi connectivity index (χ1v) is 7.65. The highest BCUT2D eigenvalue weighted by atomic mass is 16.5. The lowest BCUT2D eigenvalue weighted by Crippen LogP contribution is -2.32. The molecule has 0 saturated heterocycles. The summed E-state index contributed by atoms with van der Waals surface area (Å²) >= 11 is 0. The van der Waals surface area contributed by atoms with Crippen molar-refractivity contribution in [1.29, 1.82) is 0 Å². The number of benzene rings is 1. The van der Waals surface area contributed by atoms with Crippen molar-refractivity contribution in [2.24, 2.45) is 0 Å². The maximum atomic E-state index is 12.0. The van der Waals surface area contributed by atoms with E-state index in [2.05, 4.69) is 15.5 Å². The second-order valence-corrected chi connectivity index (χ2v) is 5.71. The molecule has 1 amide bonds. The highest BCUT2D eigenvalue weighted by Gasteiger charge is 2.22. The molecule has 0 aliphatic rings. The van der Waals surface area contributed by atoms with Crippen LogP contribution in [0.2, 0.25) is 0 Å². The lowest BCUT2D eigenvalue weighted by Gasteiger charge is -2.07. The van der Waals surface area contributed by atoms with Gasteiger partial charge in [-0.2, -0.15) is 4.98 Å². The summed E-state index contributed by atoms with van der Waals surface area (Å²) in [6.45, 7) is 7.83. The van der Waals surface area contributed by atoms with Gasteiger partial charge in [0.05, 0.1) is 0 Å². The van der Waals surface area contributed by atoms with E-state index in [0.717, 1.165) is 28.5 Å². The van der Waals surface area contributed by atoms with Crippen LogP contribution in [-0.2, 0) is 0 Å². The Hall–Kier alpha value is -2.63. The molecule has 6 heteroatoms. The molecule has 120 valence electrons. The van der Waals surface area contributed by atoms with Crippen LogP contribution in [0.5, 0.6) is 0 Å². The molecular formula is C17H19N3O3. The third kappa shape index (κ3) is 2.72. The van der Waals surface area contributed by atoms with Crippen LogP contribution in [0.3, 0.4) is 0 Å². The van der Waals surface area contributed by atoms with Gasteiger partial charge in [0, 0.05) is 17.0 Å². The number of nitrogens with one attached hydrogen (secondary N) is 1. The van der Waals surface area contributed by atoms with Crippen LogP contribution >= 0.6 is 0 Å². The second kappa shape index (κ2) is 5.87. The van der Waals surface area contributed by atoms with Crippen LogP contribution in [0.1, 0.15) is 42.1 Å². The zero-order valence-corrected chi connectivity index (χ0v) is 13.6. The number of hydrogen-bond acceptors (Lipinski definition) is 5. The minimum atomic E-state index is -0.372. The van der Waals surface area contributed by atoms with Crippen LogP contribution in [0.4, 0.5) is 0 Å². The predicted octanol–water partition coefficient (Wildman–Crippen LogP) is 3.63. The van der Waals surface area contributed by atoms with E-state index in [1.54, 1.807) is 0 Å². The number of amides is 1. The third-order valence-electron chi connectivity index (χ3n) is 3.97. The number of hydrogen-bond donors (Lipinski definition) is 1. The fourth-order valence-corrected chi connectivity index (χ4v) is 2.39. The molecule has 6 nitrogen and oxygen atoms in total. The number of aromatic nitrogens is 2. The fourth-order valence-electron chi connectivity index (χ4n) is 2.39. The first-order chi connectivity index (χ1) is 11.0. The summed E-state index contributed by atoms with van der Waals surface area (Å²) in [6.07, 6.45) is 0.828. The van der Waals surface area contributed by atoms with Gasteiger partial charge in [-0.25, -0.2) is 0 Å². The van der Waals surface area contributed by atoms with Crippen LogP contribution in [0.15, 0.2) is 27.1 Å². The summed E-state index contributed by atoms with van der Waals surface area (Å²) in [6, 6.07) is 6.00. The molecule has 0 aliphatic carbocycles. The highest BCUT2D eigenvalue weighted by molar-refractivity contribution is 5.91. The van der Waals surface area contributed by atoms with Crippen molar-refractivity contribution in [3.05, 3.63) is 35.2 Å². The van der Waals surface area contributed by atoms with Gasteiger partial charge in [-0.1, -0.05) is 30.3 Å². The summed E-state index contributed by atoms with van der Waals surface area (Å²) < 4.78 is 11.0. The van der Waals surface area contributed by atoms with Crippen LogP contribution < -0.4 is 5.32 Å². The van der Waals surface area contributed by atoms with Gasteiger partial charge in [-0.05, 0) is 32.8 Å². The number of carbonyl (C=O) groups is 1. The van der Waals surface area contributed by atoms with E-state index in [4.69, 9.17) is 8.94 Å². The van der Waals surface area contributed by atoms with Gasteiger partial charge in [-0.3, -0.25) is 4.79 Å². The quantitative estimate of drug-likeness (QED) is 0.795. The Morgan fingerprint density at radius 2 is 2.13 bits per heavy atom. The van der Waals surface area contributed by atoms with Crippen molar-refractivity contribution in [1.82, 2.24) is 15.5 Å². The average Bonchev–Trinajstić information content (AvgIpc) is 3.13. The Morgan fingerprint density at radius 1 is 1.35 bits per heavy atom. The Labute approximate surface area is 133 Å². The Bertz CT molecular complexity index is 863. The Morgan fingerprint density at radius 3 is 2.83 bits per heavy atom. The maximum absolute atomic E-state index is 12.0. The predicted molar refractivity (Wildman–Crippen MR) is 86.2 cm³/mol. The lowest BCUT2D eigenvalue weighted by molar-refractivity contribution is 0.0895. The molecule has 1 atom stereocenters. The number of para-hydroxylation sites is 1. The monoisotopic (exact) mass is 313 g/mol. The molecular weight excluding hydrogens is 294 g/mol. The van der Waals surface area contributed by atoms with Crippen molar-refractivity contribution in [2.45, 2.75) is 40.2 Å². The van der Waals surface area contributed by atoms with Gasteiger partial charge < -0.3 is 14.3 Å². The number of nitrogens with zero attached hydrogens (tertiary/aromatic N) is 2. The molecule has 0 fully saturated rings. The first-order valence-electron chi connectivity index (χ1n) is 7.65. The van der Waals surface area contributed by atoms with Crippen molar-refractivity contribution in [3.63, 3.8) is 0 Å². The van der Waals surface area contributed by atoms with E-state index >= 15 is 0 Å². The molecule has 23 heavy (non-hydrogen) atoms. The minimum Gasteiger partial charge on any atom is -0.452 e. The fraction of sp³-hybridized carbons (Fsp3) is 0.353. The largest absolute Gasteiger partial charge is 0.452 e. The number of aryl methyl sites for hydroxylation is 2. The van der Waals surface area contributed by atoms with Gasteiger partial charge in [0.15, 0.2) is 5.76 Å². The normalized spacial score (nSPS) is 12.5. The summed E-state index contributed by atoms with van der Waals surface area (Å²) in [5.74, 6) is 0.382. The summed E-state index contributed by atoms with van der Waals surface area (Å²) in [5, 5.41) is 7.69. The highest BCUT2D eigenvalue weighted by Crippen LogP contribution is 2.32. The molecule has 2 heterocycles. The van der Waals surface area contributed by atoms with Crippen molar-refractivity contribution >= 4 is 16.9 Å². The smallest absolute Gasteiger partial charge is 0.316 e.